The molecule has 3 nitrogen and oxygen atoms in total. The van der Waals surface area contributed by atoms with Crippen molar-refractivity contribution in [2.45, 2.75) is 53.2 Å². The summed E-state index contributed by atoms with van der Waals surface area (Å²) >= 11 is 1.72. The Morgan fingerprint density at radius 3 is 2.56 bits per heavy atom. The van der Waals surface area contributed by atoms with Crippen molar-refractivity contribution in [2.75, 3.05) is 13.2 Å². The monoisotopic (exact) mass is 270 g/mol. The molecule has 0 saturated heterocycles. The number of hydrogen-bond acceptors (Lipinski definition) is 4. The summed E-state index contributed by atoms with van der Waals surface area (Å²) in [6.45, 7) is 12.5. The predicted octanol–water partition coefficient (Wildman–Crippen LogP) is 3.03. The van der Waals surface area contributed by atoms with Gasteiger partial charge in [0, 0.05) is 23.9 Å². The molecule has 1 unspecified atom stereocenters. The highest BCUT2D eigenvalue weighted by atomic mass is 32.1. The second kappa shape index (κ2) is 7.87. The van der Waals surface area contributed by atoms with E-state index in [0.717, 1.165) is 25.3 Å². The van der Waals surface area contributed by atoms with E-state index >= 15 is 0 Å². The van der Waals surface area contributed by atoms with E-state index < -0.39 is 0 Å². The van der Waals surface area contributed by atoms with Crippen LogP contribution in [0, 0.1) is 12.8 Å². The van der Waals surface area contributed by atoms with Crippen LogP contribution < -0.4 is 5.32 Å². The molecular formula is C14H26N2OS. The van der Waals surface area contributed by atoms with Crippen molar-refractivity contribution < 1.29 is 4.74 Å². The largest absolute Gasteiger partial charge is 0.376 e. The summed E-state index contributed by atoms with van der Waals surface area (Å²) in [5.74, 6) is 0.541. The number of thiazole rings is 1. The average Bonchev–Trinajstić information content (AvgIpc) is 2.68. The Bertz CT molecular complexity index is 336. The van der Waals surface area contributed by atoms with Crippen LogP contribution in [0.5, 0.6) is 0 Å². The molecule has 1 aromatic heterocycles. The number of nitrogens with one attached hydrogen (secondary N) is 1. The summed E-state index contributed by atoms with van der Waals surface area (Å²) in [6, 6.07) is 0.513. The van der Waals surface area contributed by atoms with Crippen LogP contribution in [0.25, 0.3) is 0 Å². The van der Waals surface area contributed by atoms with Crippen molar-refractivity contribution in [3.8, 4) is 0 Å². The normalized spacial score (nSPS) is 13.5. The van der Waals surface area contributed by atoms with Gasteiger partial charge in [-0.25, -0.2) is 4.98 Å². The second-order valence-corrected chi connectivity index (χ2v) is 6.27. The van der Waals surface area contributed by atoms with E-state index in [-0.39, 0.29) is 0 Å². The fourth-order valence-corrected chi connectivity index (χ4v) is 2.47. The Morgan fingerprint density at radius 1 is 1.33 bits per heavy atom. The van der Waals surface area contributed by atoms with Gasteiger partial charge in [0.2, 0.25) is 0 Å². The lowest BCUT2D eigenvalue weighted by Crippen LogP contribution is -2.36. The van der Waals surface area contributed by atoms with Crippen LogP contribution in [0.2, 0.25) is 0 Å². The topological polar surface area (TPSA) is 34.1 Å². The van der Waals surface area contributed by atoms with E-state index in [1.807, 2.05) is 5.51 Å². The van der Waals surface area contributed by atoms with Gasteiger partial charge in [-0.2, -0.15) is 0 Å². The van der Waals surface area contributed by atoms with Crippen LogP contribution in [0.1, 0.15) is 38.3 Å². The molecule has 0 aliphatic heterocycles. The third-order valence-corrected chi connectivity index (χ3v) is 3.97. The molecule has 1 rings (SSSR count). The Hall–Kier alpha value is -0.450. The number of nitrogens with zero attached hydrogens (tertiary/aromatic N) is 1. The van der Waals surface area contributed by atoms with Crippen LogP contribution >= 0.6 is 11.3 Å². The number of rotatable bonds is 8. The molecular weight excluding hydrogens is 244 g/mol. The fourth-order valence-electron chi connectivity index (χ4n) is 1.71. The van der Waals surface area contributed by atoms with Gasteiger partial charge in [0.15, 0.2) is 0 Å². The van der Waals surface area contributed by atoms with Crippen LogP contribution in [0.3, 0.4) is 0 Å². The molecule has 1 atom stereocenters. The lowest BCUT2D eigenvalue weighted by Gasteiger charge is -2.23. The Kier molecular flexibility index (Phi) is 6.82. The fraction of sp³-hybridized carbons (Fsp3) is 0.786. The molecule has 0 bridgehead atoms. The van der Waals surface area contributed by atoms with Gasteiger partial charge in [-0.05, 0) is 12.8 Å². The molecule has 0 amide bonds. The Labute approximate surface area is 115 Å². The average molecular weight is 270 g/mol. The van der Waals surface area contributed by atoms with Gasteiger partial charge in [-0.3, -0.25) is 0 Å². The molecule has 1 N–H and O–H groups in total. The number of ether oxygens (including phenoxy) is 1. The van der Waals surface area contributed by atoms with Gasteiger partial charge in [-0.15, -0.1) is 11.3 Å². The van der Waals surface area contributed by atoms with Gasteiger partial charge in [-0.1, -0.05) is 27.7 Å². The smallest absolute Gasteiger partial charge is 0.0797 e. The second-order valence-electron chi connectivity index (χ2n) is 5.33. The highest BCUT2D eigenvalue weighted by Gasteiger charge is 2.14. The molecule has 0 fully saturated rings. The van der Waals surface area contributed by atoms with Crippen molar-refractivity contribution in [2.24, 2.45) is 5.92 Å². The first-order valence-corrected chi connectivity index (χ1v) is 7.62. The minimum absolute atomic E-state index is 0.292. The van der Waals surface area contributed by atoms with Crippen molar-refractivity contribution in [3.05, 3.63) is 16.1 Å². The molecule has 0 aliphatic carbocycles. The first-order chi connectivity index (χ1) is 8.50. The summed E-state index contributed by atoms with van der Waals surface area (Å²) < 4.78 is 6.00. The zero-order chi connectivity index (χ0) is 13.5. The predicted molar refractivity (Wildman–Crippen MR) is 78.3 cm³/mol. The molecule has 0 saturated carbocycles. The van der Waals surface area contributed by atoms with E-state index in [0.29, 0.717) is 18.1 Å². The zero-order valence-corrected chi connectivity index (χ0v) is 13.0. The summed E-state index contributed by atoms with van der Waals surface area (Å²) in [5.41, 5.74) is 3.05. The molecule has 104 valence electrons. The number of hydrogen-bond donors (Lipinski definition) is 1. The van der Waals surface area contributed by atoms with Crippen LogP contribution in [0.15, 0.2) is 5.51 Å². The molecule has 4 heteroatoms. The number of aromatic nitrogens is 1. The van der Waals surface area contributed by atoms with E-state index in [2.05, 4.69) is 44.9 Å². The van der Waals surface area contributed by atoms with Crippen molar-refractivity contribution >= 4 is 11.3 Å². The van der Waals surface area contributed by atoms with Gasteiger partial charge < -0.3 is 10.1 Å². The molecule has 0 radical (unpaired) electrons. The third kappa shape index (κ3) is 5.46. The summed E-state index contributed by atoms with van der Waals surface area (Å²) in [5, 5.41) is 3.45. The van der Waals surface area contributed by atoms with Gasteiger partial charge in [0.05, 0.1) is 23.9 Å². The zero-order valence-electron chi connectivity index (χ0n) is 12.2. The van der Waals surface area contributed by atoms with E-state index in [9.17, 15) is 0 Å². The Balaban J connectivity index is 2.31. The van der Waals surface area contributed by atoms with Crippen molar-refractivity contribution in [3.63, 3.8) is 0 Å². The van der Waals surface area contributed by atoms with E-state index in [4.69, 9.17) is 4.74 Å². The van der Waals surface area contributed by atoms with Crippen LogP contribution in [0.4, 0.5) is 0 Å². The summed E-state index contributed by atoms with van der Waals surface area (Å²) in [6.07, 6.45) is 1.27. The quantitative estimate of drug-likeness (QED) is 0.788. The molecule has 1 aromatic rings. The highest BCUT2D eigenvalue weighted by molar-refractivity contribution is 7.09. The first-order valence-electron chi connectivity index (χ1n) is 6.74. The maximum atomic E-state index is 6.00. The lowest BCUT2D eigenvalue weighted by atomic mass is 10.1. The standard InChI is InChI=1S/C14H26N2OS/c1-10(2)13(8-15-11(3)4)17-7-6-14-12(5)16-9-18-14/h9-11,13,15H,6-8H2,1-5H3. The minimum Gasteiger partial charge on any atom is -0.376 e. The van der Waals surface area contributed by atoms with Crippen LogP contribution in [-0.2, 0) is 11.2 Å². The summed E-state index contributed by atoms with van der Waals surface area (Å²) in [4.78, 5) is 5.60. The van der Waals surface area contributed by atoms with Crippen molar-refractivity contribution in [1.29, 1.82) is 0 Å². The van der Waals surface area contributed by atoms with Gasteiger partial charge in [0.1, 0.15) is 0 Å². The number of aryl methyl sites for hydroxylation is 1. The third-order valence-electron chi connectivity index (χ3n) is 2.98. The maximum absolute atomic E-state index is 6.00. The van der Waals surface area contributed by atoms with E-state index in [1.165, 1.54) is 4.88 Å². The highest BCUT2D eigenvalue weighted by Crippen LogP contribution is 2.14. The van der Waals surface area contributed by atoms with Crippen LogP contribution in [-0.4, -0.2) is 30.3 Å². The molecule has 0 aliphatic rings. The molecule has 18 heavy (non-hydrogen) atoms. The lowest BCUT2D eigenvalue weighted by molar-refractivity contribution is 0.0238. The molecule has 1 heterocycles. The summed E-state index contributed by atoms with van der Waals surface area (Å²) in [7, 11) is 0. The van der Waals surface area contributed by atoms with Gasteiger partial charge >= 0.3 is 0 Å². The molecule has 0 aromatic carbocycles. The maximum Gasteiger partial charge on any atom is 0.0797 e. The molecule has 0 spiro atoms. The Morgan fingerprint density at radius 2 is 2.06 bits per heavy atom. The SMILES string of the molecule is Cc1ncsc1CCOC(CNC(C)C)C(C)C. The first kappa shape index (κ1) is 15.6. The van der Waals surface area contributed by atoms with Crippen molar-refractivity contribution in [1.82, 2.24) is 10.3 Å². The van der Waals surface area contributed by atoms with Gasteiger partial charge in [0.25, 0.3) is 0 Å². The minimum atomic E-state index is 0.292. The van der Waals surface area contributed by atoms with E-state index in [1.54, 1.807) is 11.3 Å².